The zero-order valence-electron chi connectivity index (χ0n) is 14.1. The van der Waals surface area contributed by atoms with E-state index in [9.17, 15) is 14.4 Å². The normalized spacial score (nSPS) is 15.8. The van der Waals surface area contributed by atoms with Crippen LogP contribution in [-0.2, 0) is 14.3 Å². The molecule has 1 heterocycles. The monoisotopic (exact) mass is 361 g/mol. The van der Waals surface area contributed by atoms with Crippen LogP contribution in [0.2, 0.25) is 0 Å². The standard InChI is InChI=1S/C18H19NO5S/c1-4-9-23-14-7-5-13(6-8-14)10-15-17(21)19(18(22)25-15)11-16(20)24-12(2)3/h4-8,10,12H,1,9,11H2,2-3H3/b15-10+. The van der Waals surface area contributed by atoms with E-state index in [2.05, 4.69) is 6.58 Å². The van der Waals surface area contributed by atoms with Crippen molar-refractivity contribution in [1.82, 2.24) is 4.90 Å². The molecule has 0 radical (unpaired) electrons. The van der Waals surface area contributed by atoms with Gasteiger partial charge in [-0.25, -0.2) is 0 Å². The second-order valence-corrected chi connectivity index (χ2v) is 6.47. The Morgan fingerprint density at radius 3 is 2.56 bits per heavy atom. The van der Waals surface area contributed by atoms with Crippen molar-refractivity contribution < 1.29 is 23.9 Å². The summed E-state index contributed by atoms with van der Waals surface area (Å²) in [6.45, 7) is 7.01. The van der Waals surface area contributed by atoms with E-state index in [1.54, 1.807) is 50.3 Å². The van der Waals surface area contributed by atoms with Crippen LogP contribution in [0.15, 0.2) is 41.8 Å². The van der Waals surface area contributed by atoms with Crippen LogP contribution in [0.5, 0.6) is 5.75 Å². The molecule has 1 aromatic rings. The third kappa shape index (κ3) is 5.22. The summed E-state index contributed by atoms with van der Waals surface area (Å²) in [5, 5.41) is -0.483. The summed E-state index contributed by atoms with van der Waals surface area (Å²) >= 11 is 0.802. The van der Waals surface area contributed by atoms with Crippen LogP contribution in [0.25, 0.3) is 6.08 Å². The quantitative estimate of drug-likeness (QED) is 0.422. The molecule has 6 nitrogen and oxygen atoms in total. The Kier molecular flexibility index (Phi) is 6.41. The summed E-state index contributed by atoms with van der Waals surface area (Å²) in [7, 11) is 0. The lowest BCUT2D eigenvalue weighted by Crippen LogP contribution is -2.35. The minimum absolute atomic E-state index is 0.266. The number of hydrogen-bond donors (Lipinski definition) is 0. The van der Waals surface area contributed by atoms with Gasteiger partial charge >= 0.3 is 5.97 Å². The Bertz CT molecular complexity index is 709. The fourth-order valence-electron chi connectivity index (χ4n) is 2.03. The van der Waals surface area contributed by atoms with E-state index >= 15 is 0 Å². The van der Waals surface area contributed by atoms with Crippen LogP contribution in [0.1, 0.15) is 19.4 Å². The van der Waals surface area contributed by atoms with Crippen molar-refractivity contribution in [3.63, 3.8) is 0 Å². The van der Waals surface area contributed by atoms with Gasteiger partial charge in [0.1, 0.15) is 18.9 Å². The van der Waals surface area contributed by atoms with Gasteiger partial charge in [-0.2, -0.15) is 0 Å². The second-order valence-electron chi connectivity index (χ2n) is 5.48. The van der Waals surface area contributed by atoms with Crippen molar-refractivity contribution >= 4 is 35.0 Å². The number of carbonyl (C=O) groups excluding carboxylic acids is 3. The van der Waals surface area contributed by atoms with Gasteiger partial charge in [0, 0.05) is 0 Å². The number of amides is 2. The third-order valence-corrected chi connectivity index (χ3v) is 3.98. The zero-order chi connectivity index (χ0) is 18.4. The number of carbonyl (C=O) groups is 3. The van der Waals surface area contributed by atoms with Crippen LogP contribution in [-0.4, -0.2) is 41.3 Å². The number of esters is 1. The molecule has 2 amide bonds. The maximum atomic E-state index is 12.3. The highest BCUT2D eigenvalue weighted by Gasteiger charge is 2.36. The SMILES string of the molecule is C=CCOc1ccc(/C=C2/SC(=O)N(CC(=O)OC(C)C)C2=O)cc1. The van der Waals surface area contributed by atoms with Gasteiger partial charge in [0.15, 0.2) is 0 Å². The minimum atomic E-state index is -0.609. The highest BCUT2D eigenvalue weighted by Crippen LogP contribution is 2.32. The molecule has 0 saturated carbocycles. The third-order valence-electron chi connectivity index (χ3n) is 3.07. The minimum Gasteiger partial charge on any atom is -0.490 e. The van der Waals surface area contributed by atoms with Crippen LogP contribution >= 0.6 is 11.8 Å². The van der Waals surface area contributed by atoms with Gasteiger partial charge in [-0.05, 0) is 49.4 Å². The van der Waals surface area contributed by atoms with Crippen LogP contribution in [0.3, 0.4) is 0 Å². The topological polar surface area (TPSA) is 72.9 Å². The number of thioether (sulfide) groups is 1. The highest BCUT2D eigenvalue weighted by molar-refractivity contribution is 8.18. The predicted molar refractivity (Wildman–Crippen MR) is 96.0 cm³/mol. The molecular formula is C18H19NO5S. The first-order chi connectivity index (χ1) is 11.9. The molecule has 1 saturated heterocycles. The molecule has 0 spiro atoms. The first kappa shape index (κ1) is 18.8. The molecule has 1 aromatic carbocycles. The number of benzene rings is 1. The number of hydrogen-bond acceptors (Lipinski definition) is 6. The maximum absolute atomic E-state index is 12.3. The van der Waals surface area contributed by atoms with Crippen molar-refractivity contribution in [2.45, 2.75) is 20.0 Å². The first-order valence-electron chi connectivity index (χ1n) is 7.69. The Hall–Kier alpha value is -2.54. The molecule has 7 heteroatoms. The lowest BCUT2D eigenvalue weighted by molar-refractivity contribution is -0.149. The van der Waals surface area contributed by atoms with Gasteiger partial charge in [0.25, 0.3) is 11.1 Å². The molecule has 0 aromatic heterocycles. The fourth-order valence-corrected chi connectivity index (χ4v) is 2.87. The van der Waals surface area contributed by atoms with Gasteiger partial charge < -0.3 is 9.47 Å². The molecule has 0 N–H and O–H groups in total. The fraction of sp³-hybridized carbons (Fsp3) is 0.278. The van der Waals surface area contributed by atoms with Crippen LogP contribution in [0, 0.1) is 0 Å². The van der Waals surface area contributed by atoms with E-state index < -0.39 is 17.1 Å². The van der Waals surface area contributed by atoms with Crippen molar-refractivity contribution in [3.8, 4) is 5.75 Å². The number of imide groups is 1. The Morgan fingerprint density at radius 1 is 1.28 bits per heavy atom. The lowest BCUT2D eigenvalue weighted by Gasteiger charge is -2.13. The van der Waals surface area contributed by atoms with Crippen molar-refractivity contribution in [2.75, 3.05) is 13.2 Å². The molecule has 1 aliphatic heterocycles. The lowest BCUT2D eigenvalue weighted by atomic mass is 10.2. The Morgan fingerprint density at radius 2 is 1.96 bits per heavy atom. The van der Waals surface area contributed by atoms with Crippen molar-refractivity contribution in [2.24, 2.45) is 0 Å². The summed E-state index contributed by atoms with van der Waals surface area (Å²) in [6.07, 6.45) is 2.95. The molecule has 2 rings (SSSR count). The van der Waals surface area contributed by atoms with Gasteiger partial charge in [0.2, 0.25) is 0 Å². The van der Waals surface area contributed by atoms with E-state index in [1.165, 1.54) is 0 Å². The highest BCUT2D eigenvalue weighted by atomic mass is 32.2. The van der Waals surface area contributed by atoms with E-state index in [0.717, 1.165) is 22.2 Å². The summed E-state index contributed by atoms with van der Waals surface area (Å²) in [5.74, 6) is -0.424. The first-order valence-corrected chi connectivity index (χ1v) is 8.51. The summed E-state index contributed by atoms with van der Waals surface area (Å²) in [6, 6.07) is 7.08. The number of rotatable bonds is 7. The summed E-state index contributed by atoms with van der Waals surface area (Å²) in [4.78, 5) is 37.1. The average Bonchev–Trinajstić information content (AvgIpc) is 2.81. The van der Waals surface area contributed by atoms with Crippen molar-refractivity contribution in [1.29, 1.82) is 0 Å². The molecule has 0 unspecified atom stereocenters. The molecule has 1 fully saturated rings. The summed E-state index contributed by atoms with van der Waals surface area (Å²) in [5.41, 5.74) is 0.751. The van der Waals surface area contributed by atoms with Gasteiger partial charge in [-0.3, -0.25) is 19.3 Å². The number of nitrogens with zero attached hydrogens (tertiary/aromatic N) is 1. The smallest absolute Gasteiger partial charge is 0.326 e. The largest absolute Gasteiger partial charge is 0.490 e. The van der Waals surface area contributed by atoms with Crippen LogP contribution in [0.4, 0.5) is 4.79 Å². The Labute approximate surface area is 150 Å². The second kappa shape index (κ2) is 8.53. The molecular weight excluding hydrogens is 342 g/mol. The molecule has 1 aliphatic rings. The number of ether oxygens (including phenoxy) is 2. The molecule has 0 atom stereocenters. The Balaban J connectivity index is 2.06. The van der Waals surface area contributed by atoms with E-state index in [0.29, 0.717) is 12.4 Å². The zero-order valence-corrected chi connectivity index (χ0v) is 14.9. The predicted octanol–water partition coefficient (Wildman–Crippen LogP) is 3.24. The molecule has 25 heavy (non-hydrogen) atoms. The van der Waals surface area contributed by atoms with E-state index in [1.807, 2.05) is 0 Å². The van der Waals surface area contributed by atoms with Crippen LogP contribution < -0.4 is 4.74 Å². The van der Waals surface area contributed by atoms with Gasteiger partial charge in [-0.15, -0.1) is 0 Å². The maximum Gasteiger partial charge on any atom is 0.326 e. The molecule has 0 aliphatic carbocycles. The average molecular weight is 361 g/mol. The van der Waals surface area contributed by atoms with E-state index in [4.69, 9.17) is 9.47 Å². The van der Waals surface area contributed by atoms with E-state index in [-0.39, 0.29) is 17.6 Å². The summed E-state index contributed by atoms with van der Waals surface area (Å²) < 4.78 is 10.4. The van der Waals surface area contributed by atoms with Gasteiger partial charge in [-0.1, -0.05) is 24.8 Å². The molecule has 0 bridgehead atoms. The molecule has 132 valence electrons. The van der Waals surface area contributed by atoms with Crippen molar-refractivity contribution in [3.05, 3.63) is 47.4 Å². The van der Waals surface area contributed by atoms with Gasteiger partial charge in [0.05, 0.1) is 11.0 Å².